The largest absolute Gasteiger partial charge is 0.435 e. The summed E-state index contributed by atoms with van der Waals surface area (Å²) in [4.78, 5) is 0. The zero-order chi connectivity index (χ0) is 23.0. The molecule has 2 aromatic carbocycles. The minimum atomic E-state index is -2.85. The van der Waals surface area contributed by atoms with E-state index in [4.69, 9.17) is 4.74 Å². The molecule has 0 saturated carbocycles. The summed E-state index contributed by atoms with van der Waals surface area (Å²) in [5, 5.41) is 0. The van der Waals surface area contributed by atoms with Crippen molar-refractivity contribution in [1.82, 2.24) is 0 Å². The lowest BCUT2D eigenvalue weighted by Gasteiger charge is -2.25. The van der Waals surface area contributed by atoms with Crippen LogP contribution in [0.3, 0.4) is 0 Å². The van der Waals surface area contributed by atoms with Crippen LogP contribution < -0.4 is 9.47 Å². The van der Waals surface area contributed by atoms with Gasteiger partial charge in [0.2, 0.25) is 0 Å². The van der Waals surface area contributed by atoms with Crippen molar-refractivity contribution in [2.75, 3.05) is 13.2 Å². The zero-order valence-electron chi connectivity index (χ0n) is 18.2. The van der Waals surface area contributed by atoms with Crippen molar-refractivity contribution in [3.63, 3.8) is 0 Å². The highest BCUT2D eigenvalue weighted by atomic mass is 19.3. The molecule has 0 N–H and O–H groups in total. The van der Waals surface area contributed by atoms with E-state index in [1.165, 1.54) is 24.3 Å². The third-order valence-corrected chi connectivity index (χ3v) is 5.27. The van der Waals surface area contributed by atoms with Crippen LogP contribution in [0.1, 0.15) is 50.7 Å². The van der Waals surface area contributed by atoms with Crippen molar-refractivity contribution in [3.05, 3.63) is 59.7 Å². The Balaban J connectivity index is 2.00. The molecule has 7 heteroatoms. The van der Waals surface area contributed by atoms with E-state index in [0.717, 1.165) is 11.1 Å². The molecule has 2 rings (SSSR count). The Hall–Kier alpha value is -2.28. The fraction of sp³-hybridized carbons (Fsp3) is 0.500. The van der Waals surface area contributed by atoms with E-state index in [2.05, 4.69) is 37.2 Å². The summed E-state index contributed by atoms with van der Waals surface area (Å²) in [5.74, 6) is 1.00. The second-order valence-corrected chi connectivity index (χ2v) is 8.13. The Labute approximate surface area is 181 Å². The summed E-state index contributed by atoms with van der Waals surface area (Å²) in [6.45, 7) is 3.58. The van der Waals surface area contributed by atoms with Crippen LogP contribution in [-0.4, -0.2) is 26.4 Å². The Morgan fingerprint density at radius 3 is 1.16 bits per heavy atom. The van der Waals surface area contributed by atoms with Gasteiger partial charge in [0.25, 0.3) is 0 Å². The highest BCUT2D eigenvalue weighted by molar-refractivity contribution is 5.31. The molecule has 0 amide bonds. The zero-order valence-corrected chi connectivity index (χ0v) is 18.2. The highest BCUT2D eigenvalue weighted by Gasteiger charge is 2.20. The van der Waals surface area contributed by atoms with Crippen molar-refractivity contribution in [2.24, 2.45) is 11.8 Å². The number of alkyl halides is 4. The number of benzene rings is 2. The Kier molecular flexibility index (Phi) is 9.62. The molecule has 0 aliphatic heterocycles. The van der Waals surface area contributed by atoms with Crippen molar-refractivity contribution in [2.45, 2.75) is 52.8 Å². The van der Waals surface area contributed by atoms with Crippen molar-refractivity contribution >= 4 is 0 Å². The van der Waals surface area contributed by atoms with Crippen LogP contribution in [0.5, 0.6) is 11.5 Å². The van der Waals surface area contributed by atoms with E-state index in [-0.39, 0.29) is 35.2 Å². The summed E-state index contributed by atoms with van der Waals surface area (Å²) < 4.78 is 64.3. The Bertz CT molecular complexity index is 696. The lowest BCUT2D eigenvalue weighted by atomic mass is 9.88. The van der Waals surface area contributed by atoms with Gasteiger partial charge in [0.05, 0.1) is 13.2 Å². The first-order valence-electron chi connectivity index (χ1n) is 10.3. The molecule has 0 fully saturated rings. The van der Waals surface area contributed by atoms with E-state index >= 15 is 0 Å². The quantitative estimate of drug-likeness (QED) is 0.329. The maximum Gasteiger partial charge on any atom is 0.387 e. The molecular formula is C24H30F4O3. The molecule has 2 unspecified atom stereocenters. The van der Waals surface area contributed by atoms with Gasteiger partial charge in [0.15, 0.2) is 0 Å². The molecule has 172 valence electrons. The van der Waals surface area contributed by atoms with Gasteiger partial charge in [-0.15, -0.1) is 0 Å². The number of rotatable bonds is 12. The normalized spacial score (nSPS) is 13.8. The molecule has 0 saturated heterocycles. The summed E-state index contributed by atoms with van der Waals surface area (Å²) >= 11 is 0. The van der Waals surface area contributed by atoms with Gasteiger partial charge in [0, 0.05) is 11.8 Å². The maximum atomic E-state index is 12.4. The fourth-order valence-electron chi connectivity index (χ4n) is 3.46. The third-order valence-electron chi connectivity index (χ3n) is 5.27. The van der Waals surface area contributed by atoms with Crippen molar-refractivity contribution < 1.29 is 31.8 Å². The Morgan fingerprint density at radius 2 is 0.903 bits per heavy atom. The molecule has 0 aliphatic carbocycles. The maximum absolute atomic E-state index is 12.4. The first kappa shape index (κ1) is 25.0. The van der Waals surface area contributed by atoms with Gasteiger partial charge in [-0.1, -0.05) is 52.0 Å². The van der Waals surface area contributed by atoms with E-state index in [9.17, 15) is 17.6 Å². The SMILES string of the molecule is CC(C)C(COCC(c1ccc(OC(F)F)cc1)C(C)C)c1ccc(OC(F)F)cc1. The lowest BCUT2D eigenvalue weighted by Crippen LogP contribution is -2.19. The van der Waals surface area contributed by atoms with Crippen LogP contribution >= 0.6 is 0 Å². The second-order valence-electron chi connectivity index (χ2n) is 8.13. The molecule has 0 radical (unpaired) electrons. The van der Waals surface area contributed by atoms with Gasteiger partial charge in [-0.25, -0.2) is 0 Å². The highest BCUT2D eigenvalue weighted by Crippen LogP contribution is 2.30. The monoisotopic (exact) mass is 442 g/mol. The number of halogens is 4. The van der Waals surface area contributed by atoms with E-state index < -0.39 is 13.2 Å². The van der Waals surface area contributed by atoms with Gasteiger partial charge in [-0.2, -0.15) is 17.6 Å². The van der Waals surface area contributed by atoms with Gasteiger partial charge >= 0.3 is 13.2 Å². The van der Waals surface area contributed by atoms with Crippen LogP contribution in [0.4, 0.5) is 17.6 Å². The standard InChI is InChI=1S/C24H30F4O3/c1-15(2)21(17-5-9-19(10-6-17)30-23(25)26)13-29-14-22(16(3)4)18-7-11-20(12-8-18)31-24(27)28/h5-12,15-16,21-24H,13-14H2,1-4H3. The van der Waals surface area contributed by atoms with Crippen LogP contribution in [-0.2, 0) is 4.74 Å². The average molecular weight is 442 g/mol. The van der Waals surface area contributed by atoms with Crippen LogP contribution in [0, 0.1) is 11.8 Å². The number of hydrogen-bond acceptors (Lipinski definition) is 3. The minimum Gasteiger partial charge on any atom is -0.435 e. The smallest absolute Gasteiger partial charge is 0.387 e. The second kappa shape index (κ2) is 11.9. The molecule has 3 nitrogen and oxygen atoms in total. The average Bonchev–Trinajstić information content (AvgIpc) is 2.68. The number of hydrogen-bond donors (Lipinski definition) is 0. The molecule has 31 heavy (non-hydrogen) atoms. The summed E-state index contributed by atoms with van der Waals surface area (Å²) in [6.07, 6.45) is 0. The van der Waals surface area contributed by atoms with E-state index in [1.807, 2.05) is 0 Å². The predicted octanol–water partition coefficient (Wildman–Crippen LogP) is 7.09. The first-order chi connectivity index (χ1) is 14.7. The van der Waals surface area contributed by atoms with E-state index in [0.29, 0.717) is 13.2 Å². The molecule has 0 aromatic heterocycles. The van der Waals surface area contributed by atoms with Gasteiger partial charge in [-0.3, -0.25) is 0 Å². The fourth-order valence-corrected chi connectivity index (χ4v) is 3.46. The van der Waals surface area contributed by atoms with Crippen molar-refractivity contribution in [3.8, 4) is 11.5 Å². The molecule has 2 aromatic rings. The molecule has 0 bridgehead atoms. The van der Waals surface area contributed by atoms with Crippen LogP contribution in [0.25, 0.3) is 0 Å². The molecule has 0 aliphatic rings. The first-order valence-corrected chi connectivity index (χ1v) is 10.3. The predicted molar refractivity (Wildman–Crippen MR) is 112 cm³/mol. The molecular weight excluding hydrogens is 412 g/mol. The number of ether oxygens (including phenoxy) is 3. The molecule has 2 atom stereocenters. The van der Waals surface area contributed by atoms with Gasteiger partial charge in [0.1, 0.15) is 11.5 Å². The van der Waals surface area contributed by atoms with Gasteiger partial charge < -0.3 is 14.2 Å². The third kappa shape index (κ3) is 8.05. The topological polar surface area (TPSA) is 27.7 Å². The summed E-state index contributed by atoms with van der Waals surface area (Å²) in [6, 6.07) is 13.3. The van der Waals surface area contributed by atoms with Crippen LogP contribution in [0.15, 0.2) is 48.5 Å². The minimum absolute atomic E-state index is 0.0928. The van der Waals surface area contributed by atoms with Crippen molar-refractivity contribution in [1.29, 1.82) is 0 Å². The Morgan fingerprint density at radius 1 is 0.581 bits per heavy atom. The molecule has 0 heterocycles. The van der Waals surface area contributed by atoms with Gasteiger partial charge in [-0.05, 0) is 47.2 Å². The van der Waals surface area contributed by atoms with Crippen LogP contribution in [0.2, 0.25) is 0 Å². The lowest BCUT2D eigenvalue weighted by molar-refractivity contribution is -0.0505. The summed E-state index contributed by atoms with van der Waals surface area (Å²) in [7, 11) is 0. The summed E-state index contributed by atoms with van der Waals surface area (Å²) in [5.41, 5.74) is 1.98. The molecule has 0 spiro atoms. The van der Waals surface area contributed by atoms with E-state index in [1.54, 1.807) is 24.3 Å².